The highest BCUT2D eigenvalue weighted by Crippen LogP contribution is 2.42. The molecule has 20 heavy (non-hydrogen) atoms. The van der Waals surface area contributed by atoms with Crippen molar-refractivity contribution in [3.8, 4) is 11.5 Å². The number of hydrogen-bond donors (Lipinski definition) is 2. The number of nitrogens with one attached hydrogen (secondary N) is 1. The van der Waals surface area contributed by atoms with Gasteiger partial charge in [0.25, 0.3) is 0 Å². The number of hydrazone groups is 1. The number of benzene rings is 1. The van der Waals surface area contributed by atoms with Gasteiger partial charge in [0.2, 0.25) is 0 Å². The van der Waals surface area contributed by atoms with E-state index in [9.17, 15) is 0 Å². The largest absolute Gasteiger partial charge is 0.490 e. The molecule has 0 saturated heterocycles. The molecular weight excluding hydrogens is 410 g/mol. The summed E-state index contributed by atoms with van der Waals surface area (Å²) in [5, 5.41) is 4.04. The number of nitrogens with zero attached hydrogens (tertiary/aromatic N) is 1. The Kier molecular flexibility index (Phi) is 7.25. The van der Waals surface area contributed by atoms with Gasteiger partial charge in [-0.2, -0.15) is 5.10 Å². The van der Waals surface area contributed by atoms with E-state index in [1.807, 2.05) is 19.9 Å². The maximum absolute atomic E-state index is 5.60. The molecule has 0 aliphatic heterocycles. The zero-order valence-electron chi connectivity index (χ0n) is 11.1. The van der Waals surface area contributed by atoms with Gasteiger partial charge in [0.05, 0.1) is 23.9 Å². The molecule has 1 aromatic carbocycles. The molecule has 0 bridgehead atoms. The zero-order chi connectivity index (χ0) is 15.1. The van der Waals surface area contributed by atoms with Crippen LogP contribution in [0.4, 0.5) is 0 Å². The maximum Gasteiger partial charge on any atom is 0.184 e. The van der Waals surface area contributed by atoms with Crippen molar-refractivity contribution in [1.29, 1.82) is 0 Å². The van der Waals surface area contributed by atoms with Crippen molar-refractivity contribution in [2.45, 2.75) is 13.8 Å². The molecule has 0 radical (unpaired) electrons. The van der Waals surface area contributed by atoms with Crippen LogP contribution in [0.2, 0.25) is 0 Å². The summed E-state index contributed by atoms with van der Waals surface area (Å²) in [4.78, 5) is 0. The van der Waals surface area contributed by atoms with Gasteiger partial charge < -0.3 is 15.2 Å². The first kappa shape index (κ1) is 17.2. The lowest BCUT2D eigenvalue weighted by molar-refractivity contribution is 0.286. The topological polar surface area (TPSA) is 68.9 Å². The molecule has 0 spiro atoms. The van der Waals surface area contributed by atoms with Crippen LogP contribution >= 0.6 is 44.1 Å². The van der Waals surface area contributed by atoms with E-state index in [-0.39, 0.29) is 5.11 Å². The normalized spacial score (nSPS) is 10.6. The lowest BCUT2D eigenvalue weighted by Gasteiger charge is -2.15. The fraction of sp³-hybridized carbons (Fsp3) is 0.333. The Morgan fingerprint density at radius 3 is 2.55 bits per heavy atom. The molecule has 110 valence electrons. The highest BCUT2D eigenvalue weighted by molar-refractivity contribution is 9.13. The third-order valence-corrected chi connectivity index (χ3v) is 4.36. The van der Waals surface area contributed by atoms with E-state index in [0.717, 1.165) is 14.5 Å². The molecule has 0 atom stereocenters. The van der Waals surface area contributed by atoms with Gasteiger partial charge >= 0.3 is 0 Å². The SMILES string of the molecule is CCOc1cc(C=NNC(N)=S)c(Br)c(Br)c1OCC. The number of halogens is 2. The third kappa shape index (κ3) is 4.60. The van der Waals surface area contributed by atoms with E-state index in [1.165, 1.54) is 0 Å². The van der Waals surface area contributed by atoms with Gasteiger partial charge in [0.15, 0.2) is 16.6 Å². The molecule has 0 fully saturated rings. The van der Waals surface area contributed by atoms with Gasteiger partial charge in [0, 0.05) is 10.0 Å². The second-order valence-electron chi connectivity index (χ2n) is 3.52. The molecule has 1 rings (SSSR count). The van der Waals surface area contributed by atoms with Crippen molar-refractivity contribution >= 4 is 55.4 Å². The fourth-order valence-electron chi connectivity index (χ4n) is 1.41. The van der Waals surface area contributed by atoms with Gasteiger partial charge in [0.1, 0.15) is 0 Å². The molecule has 5 nitrogen and oxygen atoms in total. The lowest BCUT2D eigenvalue weighted by atomic mass is 10.2. The molecule has 3 N–H and O–H groups in total. The van der Waals surface area contributed by atoms with Crippen molar-refractivity contribution in [2.75, 3.05) is 13.2 Å². The van der Waals surface area contributed by atoms with Gasteiger partial charge in [-0.15, -0.1) is 0 Å². The van der Waals surface area contributed by atoms with E-state index in [1.54, 1.807) is 6.21 Å². The Morgan fingerprint density at radius 2 is 2.00 bits per heavy atom. The van der Waals surface area contributed by atoms with Crippen molar-refractivity contribution < 1.29 is 9.47 Å². The van der Waals surface area contributed by atoms with Crippen molar-refractivity contribution in [2.24, 2.45) is 10.8 Å². The minimum Gasteiger partial charge on any atom is -0.490 e. The maximum atomic E-state index is 5.60. The van der Waals surface area contributed by atoms with Crippen LogP contribution in [-0.4, -0.2) is 24.5 Å². The standard InChI is InChI=1S/C12H15Br2N3O2S/c1-3-18-8-5-7(6-16-17-12(15)20)9(13)10(14)11(8)19-4-2/h5-6H,3-4H2,1-2H3,(H3,15,17,20). The molecule has 0 aliphatic rings. The number of ether oxygens (including phenoxy) is 2. The van der Waals surface area contributed by atoms with Gasteiger partial charge in [-0.25, -0.2) is 0 Å². The molecule has 8 heteroatoms. The average Bonchev–Trinajstić information content (AvgIpc) is 2.39. The Hall–Kier alpha value is -0.860. The van der Waals surface area contributed by atoms with Gasteiger partial charge in [-0.3, -0.25) is 5.43 Å². The quantitative estimate of drug-likeness (QED) is 0.417. The van der Waals surface area contributed by atoms with Crippen LogP contribution in [0.1, 0.15) is 19.4 Å². The molecule has 0 unspecified atom stereocenters. The summed E-state index contributed by atoms with van der Waals surface area (Å²) in [6.45, 7) is 4.91. The smallest absolute Gasteiger partial charge is 0.184 e. The summed E-state index contributed by atoms with van der Waals surface area (Å²) in [5.41, 5.74) is 8.61. The van der Waals surface area contributed by atoms with E-state index in [4.69, 9.17) is 15.2 Å². The predicted molar refractivity (Wildman–Crippen MR) is 91.7 cm³/mol. The number of thiocarbonyl (C=S) groups is 1. The minimum atomic E-state index is 0.104. The Balaban J connectivity index is 3.19. The van der Waals surface area contributed by atoms with Gasteiger partial charge in [-0.1, -0.05) is 0 Å². The molecule has 0 aliphatic carbocycles. The van der Waals surface area contributed by atoms with Crippen LogP contribution in [0.25, 0.3) is 0 Å². The summed E-state index contributed by atoms with van der Waals surface area (Å²) in [7, 11) is 0. The highest BCUT2D eigenvalue weighted by atomic mass is 79.9. The summed E-state index contributed by atoms with van der Waals surface area (Å²) in [5.74, 6) is 1.29. The summed E-state index contributed by atoms with van der Waals surface area (Å²) >= 11 is 11.7. The van der Waals surface area contributed by atoms with Crippen LogP contribution in [0.5, 0.6) is 11.5 Å². The Bertz CT molecular complexity index is 524. The fourth-order valence-corrected chi connectivity index (χ4v) is 2.39. The van der Waals surface area contributed by atoms with Gasteiger partial charge in [-0.05, 0) is 64.0 Å². The minimum absolute atomic E-state index is 0.104. The van der Waals surface area contributed by atoms with Crippen LogP contribution in [0, 0.1) is 0 Å². The van der Waals surface area contributed by atoms with Crippen molar-refractivity contribution in [3.05, 3.63) is 20.6 Å². The van der Waals surface area contributed by atoms with Crippen molar-refractivity contribution in [3.63, 3.8) is 0 Å². The number of hydrogen-bond acceptors (Lipinski definition) is 4. The third-order valence-electron chi connectivity index (χ3n) is 2.12. The van der Waals surface area contributed by atoms with Crippen LogP contribution in [0.15, 0.2) is 20.1 Å². The average molecular weight is 425 g/mol. The summed E-state index contributed by atoms with van der Waals surface area (Å²) in [6.07, 6.45) is 1.59. The first-order valence-electron chi connectivity index (χ1n) is 5.87. The Morgan fingerprint density at radius 1 is 1.35 bits per heavy atom. The molecule has 0 amide bonds. The van der Waals surface area contributed by atoms with Crippen LogP contribution in [0.3, 0.4) is 0 Å². The predicted octanol–water partition coefficient (Wildman–Crippen LogP) is 3.18. The van der Waals surface area contributed by atoms with Crippen LogP contribution < -0.4 is 20.6 Å². The van der Waals surface area contributed by atoms with E-state index in [0.29, 0.717) is 24.7 Å². The number of nitrogens with two attached hydrogens (primary N) is 1. The van der Waals surface area contributed by atoms with E-state index >= 15 is 0 Å². The second-order valence-corrected chi connectivity index (χ2v) is 5.55. The summed E-state index contributed by atoms with van der Waals surface area (Å²) < 4.78 is 12.8. The zero-order valence-corrected chi connectivity index (χ0v) is 15.1. The van der Waals surface area contributed by atoms with Crippen molar-refractivity contribution in [1.82, 2.24) is 5.43 Å². The molecule has 0 aromatic heterocycles. The highest BCUT2D eigenvalue weighted by Gasteiger charge is 2.16. The summed E-state index contributed by atoms with van der Waals surface area (Å²) in [6, 6.07) is 1.83. The Labute approximate surface area is 140 Å². The monoisotopic (exact) mass is 423 g/mol. The molecular formula is C12H15Br2N3O2S. The first-order chi connectivity index (χ1) is 9.51. The number of rotatable bonds is 6. The van der Waals surface area contributed by atoms with E-state index < -0.39 is 0 Å². The first-order valence-corrected chi connectivity index (χ1v) is 7.86. The van der Waals surface area contributed by atoms with Crippen LogP contribution in [-0.2, 0) is 0 Å². The molecule has 0 heterocycles. The second kappa shape index (κ2) is 8.43. The lowest BCUT2D eigenvalue weighted by Crippen LogP contribution is -2.24. The molecule has 1 aromatic rings. The molecule has 0 saturated carbocycles. The van der Waals surface area contributed by atoms with E-state index in [2.05, 4.69) is 54.6 Å².